The average Bonchev–Trinajstić information content (AvgIpc) is 2.66. The molecule has 0 unspecified atom stereocenters. The summed E-state index contributed by atoms with van der Waals surface area (Å²) in [7, 11) is 0. The third-order valence-corrected chi connectivity index (χ3v) is 5.16. The van der Waals surface area contributed by atoms with Gasteiger partial charge in [0.15, 0.2) is 5.11 Å². The molecule has 2 aromatic rings. The number of hydrogen-bond donors (Lipinski definition) is 2. The van der Waals surface area contributed by atoms with Crippen LogP contribution in [0.3, 0.4) is 0 Å². The van der Waals surface area contributed by atoms with E-state index in [-0.39, 0.29) is 0 Å². The standard InChI is InChI=1S/C20H24ClN3OS/c1-15-18(21)3-2-4-19(15)23-20(26)22-13-16-5-7-17(8-6-16)14-24-9-11-25-12-10-24/h2-8H,9-14H2,1H3,(H2,22,23,26). The normalized spacial score (nSPS) is 14.8. The van der Waals surface area contributed by atoms with Crippen LogP contribution in [0.2, 0.25) is 5.02 Å². The molecule has 1 aliphatic heterocycles. The van der Waals surface area contributed by atoms with Crippen molar-refractivity contribution in [3.8, 4) is 0 Å². The summed E-state index contributed by atoms with van der Waals surface area (Å²) in [5.74, 6) is 0. The van der Waals surface area contributed by atoms with Crippen molar-refractivity contribution in [1.82, 2.24) is 10.2 Å². The molecule has 0 radical (unpaired) electrons. The molecule has 6 heteroatoms. The first-order chi connectivity index (χ1) is 12.6. The molecule has 1 saturated heterocycles. The lowest BCUT2D eigenvalue weighted by molar-refractivity contribution is 0.0342. The summed E-state index contributed by atoms with van der Waals surface area (Å²) in [5.41, 5.74) is 4.44. The van der Waals surface area contributed by atoms with E-state index in [1.165, 1.54) is 11.1 Å². The third-order valence-electron chi connectivity index (χ3n) is 4.50. The van der Waals surface area contributed by atoms with E-state index >= 15 is 0 Å². The van der Waals surface area contributed by atoms with Crippen molar-refractivity contribution in [1.29, 1.82) is 0 Å². The first-order valence-corrected chi connectivity index (χ1v) is 9.58. The minimum Gasteiger partial charge on any atom is -0.379 e. The zero-order valence-electron chi connectivity index (χ0n) is 14.9. The van der Waals surface area contributed by atoms with Gasteiger partial charge in [-0.1, -0.05) is 41.9 Å². The van der Waals surface area contributed by atoms with Gasteiger partial charge in [0.2, 0.25) is 0 Å². The zero-order valence-corrected chi connectivity index (χ0v) is 16.5. The number of anilines is 1. The smallest absolute Gasteiger partial charge is 0.171 e. The molecule has 0 aliphatic carbocycles. The number of nitrogens with zero attached hydrogens (tertiary/aromatic N) is 1. The van der Waals surface area contributed by atoms with Gasteiger partial charge in [-0.15, -0.1) is 0 Å². The molecular weight excluding hydrogens is 366 g/mol. The lowest BCUT2D eigenvalue weighted by Gasteiger charge is -2.26. The molecule has 0 atom stereocenters. The van der Waals surface area contributed by atoms with Crippen LogP contribution in [0.5, 0.6) is 0 Å². The molecule has 2 N–H and O–H groups in total. The summed E-state index contributed by atoms with van der Waals surface area (Å²) in [5, 5.41) is 7.77. The molecule has 0 bridgehead atoms. The Morgan fingerprint density at radius 3 is 2.54 bits per heavy atom. The monoisotopic (exact) mass is 389 g/mol. The summed E-state index contributed by atoms with van der Waals surface area (Å²) in [4.78, 5) is 2.42. The van der Waals surface area contributed by atoms with Crippen LogP contribution in [-0.4, -0.2) is 36.3 Å². The minimum absolute atomic E-state index is 0.591. The largest absolute Gasteiger partial charge is 0.379 e. The van der Waals surface area contributed by atoms with Gasteiger partial charge in [-0.3, -0.25) is 4.90 Å². The Hall–Kier alpha value is -1.66. The van der Waals surface area contributed by atoms with Crippen LogP contribution in [-0.2, 0) is 17.8 Å². The highest BCUT2D eigenvalue weighted by Gasteiger charge is 2.10. The molecule has 0 amide bonds. The number of rotatable bonds is 5. The van der Waals surface area contributed by atoms with Gasteiger partial charge < -0.3 is 15.4 Å². The SMILES string of the molecule is Cc1c(Cl)cccc1NC(=S)NCc1ccc(CN2CCOCC2)cc1. The summed E-state index contributed by atoms with van der Waals surface area (Å²) >= 11 is 11.5. The number of benzene rings is 2. The molecule has 1 aliphatic rings. The van der Waals surface area contributed by atoms with E-state index in [0.29, 0.717) is 11.7 Å². The zero-order chi connectivity index (χ0) is 18.4. The number of hydrogen-bond acceptors (Lipinski definition) is 3. The summed E-state index contributed by atoms with van der Waals surface area (Å²) < 4.78 is 5.39. The Balaban J connectivity index is 1.48. The maximum atomic E-state index is 6.14. The van der Waals surface area contributed by atoms with Crippen molar-refractivity contribution >= 4 is 34.6 Å². The molecule has 3 rings (SSSR count). The number of halogens is 1. The van der Waals surface area contributed by atoms with E-state index in [1.54, 1.807) is 0 Å². The Kier molecular flexibility index (Phi) is 6.86. The fourth-order valence-corrected chi connectivity index (χ4v) is 3.23. The number of morpholine rings is 1. The predicted molar refractivity (Wildman–Crippen MR) is 112 cm³/mol. The fourth-order valence-electron chi connectivity index (χ4n) is 2.87. The van der Waals surface area contributed by atoms with Gasteiger partial charge in [-0.05, 0) is 48.0 Å². The van der Waals surface area contributed by atoms with Gasteiger partial charge in [0, 0.05) is 36.9 Å². The molecule has 2 aromatic carbocycles. The maximum absolute atomic E-state index is 6.14. The van der Waals surface area contributed by atoms with Crippen molar-refractivity contribution in [2.75, 3.05) is 31.6 Å². The summed E-state index contributed by atoms with van der Waals surface area (Å²) in [6.07, 6.45) is 0. The van der Waals surface area contributed by atoms with Gasteiger partial charge in [0.1, 0.15) is 0 Å². The van der Waals surface area contributed by atoms with Crippen LogP contribution in [0, 0.1) is 6.92 Å². The van der Waals surface area contributed by atoms with E-state index in [1.807, 2.05) is 25.1 Å². The Morgan fingerprint density at radius 1 is 1.12 bits per heavy atom. The average molecular weight is 390 g/mol. The summed E-state index contributed by atoms with van der Waals surface area (Å²) in [6, 6.07) is 14.4. The Labute approximate surface area is 165 Å². The van der Waals surface area contributed by atoms with Crippen LogP contribution in [0.15, 0.2) is 42.5 Å². The fraction of sp³-hybridized carbons (Fsp3) is 0.350. The van der Waals surface area contributed by atoms with E-state index < -0.39 is 0 Å². The molecule has 26 heavy (non-hydrogen) atoms. The third kappa shape index (κ3) is 5.42. The quantitative estimate of drug-likeness (QED) is 0.757. The number of thiocarbonyl (C=S) groups is 1. The molecule has 1 heterocycles. The van der Waals surface area contributed by atoms with Gasteiger partial charge in [0.25, 0.3) is 0 Å². The summed E-state index contributed by atoms with van der Waals surface area (Å²) in [6.45, 7) is 7.31. The highest BCUT2D eigenvalue weighted by molar-refractivity contribution is 7.80. The van der Waals surface area contributed by atoms with E-state index in [0.717, 1.165) is 49.1 Å². The Morgan fingerprint density at radius 2 is 1.81 bits per heavy atom. The maximum Gasteiger partial charge on any atom is 0.171 e. The van der Waals surface area contributed by atoms with Crippen LogP contribution in [0.4, 0.5) is 5.69 Å². The molecule has 0 spiro atoms. The second-order valence-electron chi connectivity index (χ2n) is 6.43. The van der Waals surface area contributed by atoms with Crippen LogP contribution in [0.1, 0.15) is 16.7 Å². The van der Waals surface area contributed by atoms with Gasteiger partial charge in [-0.2, -0.15) is 0 Å². The van der Waals surface area contributed by atoms with Crippen LogP contribution < -0.4 is 10.6 Å². The first-order valence-electron chi connectivity index (χ1n) is 8.80. The topological polar surface area (TPSA) is 36.5 Å². The van der Waals surface area contributed by atoms with Crippen molar-refractivity contribution in [3.63, 3.8) is 0 Å². The van der Waals surface area contributed by atoms with Gasteiger partial charge in [0.05, 0.1) is 13.2 Å². The van der Waals surface area contributed by atoms with Gasteiger partial charge >= 0.3 is 0 Å². The number of nitrogens with one attached hydrogen (secondary N) is 2. The van der Waals surface area contributed by atoms with Crippen molar-refractivity contribution in [2.24, 2.45) is 0 Å². The van der Waals surface area contributed by atoms with E-state index in [9.17, 15) is 0 Å². The molecule has 1 fully saturated rings. The molecular formula is C20H24ClN3OS. The molecule has 0 aromatic heterocycles. The molecule has 138 valence electrons. The van der Waals surface area contributed by atoms with Crippen LogP contribution >= 0.6 is 23.8 Å². The molecule has 0 saturated carbocycles. The highest BCUT2D eigenvalue weighted by Crippen LogP contribution is 2.22. The number of ether oxygens (including phenoxy) is 1. The van der Waals surface area contributed by atoms with Crippen molar-refractivity contribution in [2.45, 2.75) is 20.0 Å². The minimum atomic E-state index is 0.591. The van der Waals surface area contributed by atoms with Crippen LogP contribution in [0.25, 0.3) is 0 Å². The lowest BCUT2D eigenvalue weighted by Crippen LogP contribution is -2.35. The Bertz CT molecular complexity index is 745. The van der Waals surface area contributed by atoms with Crippen molar-refractivity contribution in [3.05, 3.63) is 64.2 Å². The first kappa shape index (κ1) is 19.1. The van der Waals surface area contributed by atoms with Gasteiger partial charge in [-0.25, -0.2) is 0 Å². The van der Waals surface area contributed by atoms with Crippen molar-refractivity contribution < 1.29 is 4.74 Å². The highest BCUT2D eigenvalue weighted by atomic mass is 35.5. The van der Waals surface area contributed by atoms with E-state index in [4.69, 9.17) is 28.6 Å². The van der Waals surface area contributed by atoms with E-state index in [2.05, 4.69) is 39.8 Å². The molecule has 4 nitrogen and oxygen atoms in total. The predicted octanol–water partition coefficient (Wildman–Crippen LogP) is 3.97. The second-order valence-corrected chi connectivity index (χ2v) is 7.24. The second kappa shape index (κ2) is 9.33. The lowest BCUT2D eigenvalue weighted by atomic mass is 10.1.